The highest BCUT2D eigenvalue weighted by Gasteiger charge is 2.01. The SMILES string of the molecule is Nc1cc(Cl)nc(OCc2cccs2)c1. The highest BCUT2D eigenvalue weighted by Crippen LogP contribution is 2.19. The summed E-state index contributed by atoms with van der Waals surface area (Å²) in [5.74, 6) is 0.452. The standard InChI is InChI=1S/C10H9ClN2OS/c11-9-4-7(12)5-10(13-9)14-6-8-2-1-3-15-8/h1-5H,6H2,(H2,12,13). The highest BCUT2D eigenvalue weighted by atomic mass is 35.5. The molecule has 0 aliphatic rings. The van der Waals surface area contributed by atoms with Crippen molar-refractivity contribution in [1.29, 1.82) is 0 Å². The van der Waals surface area contributed by atoms with E-state index in [0.717, 1.165) is 4.88 Å². The van der Waals surface area contributed by atoms with Gasteiger partial charge >= 0.3 is 0 Å². The van der Waals surface area contributed by atoms with Crippen LogP contribution in [0.2, 0.25) is 5.15 Å². The second-order valence-electron chi connectivity index (χ2n) is 2.93. The Hall–Kier alpha value is -1.26. The lowest BCUT2D eigenvalue weighted by Gasteiger charge is -2.04. The molecule has 0 bridgehead atoms. The van der Waals surface area contributed by atoms with Crippen LogP contribution in [0.1, 0.15) is 4.88 Å². The van der Waals surface area contributed by atoms with Crippen molar-refractivity contribution in [1.82, 2.24) is 4.98 Å². The molecule has 0 aliphatic heterocycles. The fraction of sp³-hybridized carbons (Fsp3) is 0.100. The summed E-state index contributed by atoms with van der Waals surface area (Å²) in [6.07, 6.45) is 0. The maximum absolute atomic E-state index is 5.74. The molecule has 78 valence electrons. The zero-order valence-electron chi connectivity index (χ0n) is 7.81. The maximum atomic E-state index is 5.74. The first-order valence-corrected chi connectivity index (χ1v) is 5.58. The predicted molar refractivity (Wildman–Crippen MR) is 62.3 cm³/mol. The van der Waals surface area contributed by atoms with Crippen LogP contribution in [0.3, 0.4) is 0 Å². The topological polar surface area (TPSA) is 48.1 Å². The first-order valence-electron chi connectivity index (χ1n) is 4.32. The van der Waals surface area contributed by atoms with Gasteiger partial charge in [-0.2, -0.15) is 0 Å². The minimum absolute atomic E-state index is 0.344. The van der Waals surface area contributed by atoms with Crippen LogP contribution in [-0.4, -0.2) is 4.98 Å². The molecule has 0 spiro atoms. The Morgan fingerprint density at radius 3 is 3.00 bits per heavy atom. The van der Waals surface area contributed by atoms with Gasteiger partial charge in [-0.25, -0.2) is 4.98 Å². The van der Waals surface area contributed by atoms with Crippen LogP contribution in [0.25, 0.3) is 0 Å². The number of pyridine rings is 1. The van der Waals surface area contributed by atoms with Crippen molar-refractivity contribution < 1.29 is 4.74 Å². The number of nitrogens with zero attached hydrogens (tertiary/aromatic N) is 1. The van der Waals surface area contributed by atoms with Crippen molar-refractivity contribution in [3.8, 4) is 5.88 Å². The molecule has 0 aromatic carbocycles. The minimum atomic E-state index is 0.344. The van der Waals surface area contributed by atoms with E-state index in [0.29, 0.717) is 23.3 Å². The molecule has 2 heterocycles. The van der Waals surface area contributed by atoms with Crippen molar-refractivity contribution in [3.05, 3.63) is 39.7 Å². The highest BCUT2D eigenvalue weighted by molar-refractivity contribution is 7.09. The van der Waals surface area contributed by atoms with Crippen molar-refractivity contribution in [3.63, 3.8) is 0 Å². The Labute approximate surface area is 96.5 Å². The third-order valence-corrected chi connectivity index (χ3v) is 2.78. The summed E-state index contributed by atoms with van der Waals surface area (Å²) in [6.45, 7) is 0.491. The maximum Gasteiger partial charge on any atom is 0.217 e. The lowest BCUT2D eigenvalue weighted by molar-refractivity contribution is 0.297. The van der Waals surface area contributed by atoms with Gasteiger partial charge in [0.2, 0.25) is 5.88 Å². The average Bonchev–Trinajstić information content (AvgIpc) is 2.65. The van der Waals surface area contributed by atoms with Crippen molar-refractivity contribution in [2.45, 2.75) is 6.61 Å². The molecule has 2 rings (SSSR count). The molecule has 0 unspecified atom stereocenters. The third-order valence-electron chi connectivity index (χ3n) is 1.74. The van der Waals surface area contributed by atoms with E-state index in [-0.39, 0.29) is 0 Å². The number of nitrogen functional groups attached to an aromatic ring is 1. The number of anilines is 1. The normalized spacial score (nSPS) is 10.2. The fourth-order valence-corrected chi connectivity index (χ4v) is 1.93. The molecule has 3 nitrogen and oxygen atoms in total. The molecule has 0 amide bonds. The number of thiophene rings is 1. The number of nitrogens with two attached hydrogens (primary N) is 1. The largest absolute Gasteiger partial charge is 0.472 e. The van der Waals surface area contributed by atoms with Gasteiger partial charge < -0.3 is 10.5 Å². The van der Waals surface area contributed by atoms with Gasteiger partial charge in [-0.1, -0.05) is 17.7 Å². The number of hydrogen-bond donors (Lipinski definition) is 1. The summed E-state index contributed by atoms with van der Waals surface area (Å²) in [4.78, 5) is 5.14. The number of halogens is 1. The Morgan fingerprint density at radius 2 is 2.33 bits per heavy atom. The second-order valence-corrected chi connectivity index (χ2v) is 4.35. The Kier molecular flexibility index (Phi) is 3.08. The van der Waals surface area contributed by atoms with Gasteiger partial charge in [0.15, 0.2) is 0 Å². The van der Waals surface area contributed by atoms with Crippen molar-refractivity contribution in [2.75, 3.05) is 5.73 Å². The van der Waals surface area contributed by atoms with Gasteiger partial charge in [-0.05, 0) is 17.5 Å². The van der Waals surface area contributed by atoms with E-state index in [2.05, 4.69) is 4.98 Å². The monoisotopic (exact) mass is 240 g/mol. The summed E-state index contributed by atoms with van der Waals surface area (Å²) in [6, 6.07) is 7.21. The summed E-state index contributed by atoms with van der Waals surface area (Å²) in [7, 11) is 0. The molecule has 5 heteroatoms. The molecular weight excluding hydrogens is 232 g/mol. The lowest BCUT2D eigenvalue weighted by atomic mass is 10.4. The molecular formula is C10H9ClN2OS. The first kappa shape index (κ1) is 10.3. The zero-order valence-corrected chi connectivity index (χ0v) is 9.39. The van der Waals surface area contributed by atoms with E-state index in [1.165, 1.54) is 0 Å². The lowest BCUT2D eigenvalue weighted by Crippen LogP contribution is -1.96. The number of ether oxygens (including phenoxy) is 1. The van der Waals surface area contributed by atoms with Crippen molar-refractivity contribution >= 4 is 28.6 Å². The van der Waals surface area contributed by atoms with Crippen LogP contribution < -0.4 is 10.5 Å². The van der Waals surface area contributed by atoms with Gasteiger partial charge in [0.05, 0.1) is 0 Å². The van der Waals surface area contributed by atoms with Gasteiger partial charge in [-0.15, -0.1) is 11.3 Å². The van der Waals surface area contributed by atoms with Crippen LogP contribution in [-0.2, 0) is 6.61 Å². The van der Waals surface area contributed by atoms with E-state index >= 15 is 0 Å². The number of hydrogen-bond acceptors (Lipinski definition) is 4. The molecule has 2 N–H and O–H groups in total. The van der Waals surface area contributed by atoms with E-state index in [1.54, 1.807) is 23.5 Å². The van der Waals surface area contributed by atoms with Crippen LogP contribution in [0.4, 0.5) is 5.69 Å². The van der Waals surface area contributed by atoms with E-state index in [1.807, 2.05) is 17.5 Å². The van der Waals surface area contributed by atoms with Crippen LogP contribution in [0.5, 0.6) is 5.88 Å². The molecule has 0 fully saturated rings. The Morgan fingerprint density at radius 1 is 1.47 bits per heavy atom. The molecule has 0 atom stereocenters. The fourth-order valence-electron chi connectivity index (χ4n) is 1.11. The smallest absolute Gasteiger partial charge is 0.217 e. The van der Waals surface area contributed by atoms with Gasteiger partial charge in [0, 0.05) is 16.6 Å². The second kappa shape index (κ2) is 4.51. The quantitative estimate of drug-likeness (QED) is 0.840. The minimum Gasteiger partial charge on any atom is -0.472 e. The average molecular weight is 241 g/mol. The van der Waals surface area contributed by atoms with Gasteiger partial charge in [-0.3, -0.25) is 0 Å². The summed E-state index contributed by atoms with van der Waals surface area (Å²) in [5.41, 5.74) is 6.16. The Balaban J connectivity index is 2.05. The first-order chi connectivity index (χ1) is 7.24. The Bertz CT molecular complexity index is 424. The molecule has 0 saturated heterocycles. The molecule has 15 heavy (non-hydrogen) atoms. The van der Waals surface area contributed by atoms with Crippen LogP contribution >= 0.6 is 22.9 Å². The van der Waals surface area contributed by atoms with E-state index in [4.69, 9.17) is 22.1 Å². The number of aromatic nitrogens is 1. The summed E-state index contributed by atoms with van der Waals surface area (Å²) < 4.78 is 5.45. The summed E-state index contributed by atoms with van der Waals surface area (Å²) >= 11 is 7.38. The molecule has 2 aromatic heterocycles. The number of rotatable bonds is 3. The van der Waals surface area contributed by atoms with Crippen LogP contribution in [0, 0.1) is 0 Å². The molecule has 2 aromatic rings. The molecule has 0 saturated carbocycles. The van der Waals surface area contributed by atoms with Gasteiger partial charge in [0.1, 0.15) is 11.8 Å². The van der Waals surface area contributed by atoms with Crippen molar-refractivity contribution in [2.24, 2.45) is 0 Å². The van der Waals surface area contributed by atoms with E-state index in [9.17, 15) is 0 Å². The third kappa shape index (κ3) is 2.84. The summed E-state index contributed by atoms with van der Waals surface area (Å²) in [5, 5.41) is 2.34. The van der Waals surface area contributed by atoms with E-state index < -0.39 is 0 Å². The molecule has 0 aliphatic carbocycles. The molecule has 0 radical (unpaired) electrons. The van der Waals surface area contributed by atoms with Crippen LogP contribution in [0.15, 0.2) is 29.6 Å². The predicted octanol–water partition coefficient (Wildman–Crippen LogP) is 2.96. The zero-order chi connectivity index (χ0) is 10.7. The van der Waals surface area contributed by atoms with Gasteiger partial charge in [0.25, 0.3) is 0 Å².